The van der Waals surface area contributed by atoms with Crippen LogP contribution in [0.1, 0.15) is 31.2 Å². The molecule has 0 aliphatic heterocycles. The van der Waals surface area contributed by atoms with E-state index in [1.165, 1.54) is 0 Å². The quantitative estimate of drug-likeness (QED) is 0.789. The smallest absolute Gasteiger partial charge is 0.137 e. The molecule has 2 nitrogen and oxygen atoms in total. The van der Waals surface area contributed by atoms with E-state index in [1.54, 1.807) is 7.11 Å². The molecule has 1 aliphatic rings. The van der Waals surface area contributed by atoms with Crippen LogP contribution in [0.15, 0.2) is 18.2 Å². The van der Waals surface area contributed by atoms with Gasteiger partial charge in [-0.1, -0.05) is 24.6 Å². The lowest BCUT2D eigenvalue weighted by Crippen LogP contribution is -2.08. The fraction of sp³-hybridized carbons (Fsp3) is 0.462. The highest BCUT2D eigenvalue weighted by atomic mass is 35.5. The summed E-state index contributed by atoms with van der Waals surface area (Å²) in [6.07, 6.45) is 1.63. The van der Waals surface area contributed by atoms with Gasteiger partial charge in [0.05, 0.1) is 12.1 Å². The van der Waals surface area contributed by atoms with Crippen LogP contribution in [0, 0.1) is 5.92 Å². The highest BCUT2D eigenvalue weighted by molar-refractivity contribution is 6.32. The molecule has 2 unspecified atom stereocenters. The van der Waals surface area contributed by atoms with E-state index in [4.69, 9.17) is 16.3 Å². The van der Waals surface area contributed by atoms with E-state index >= 15 is 0 Å². The maximum absolute atomic E-state index is 11.5. The van der Waals surface area contributed by atoms with Crippen molar-refractivity contribution in [2.75, 3.05) is 7.11 Å². The Morgan fingerprint density at radius 3 is 2.75 bits per heavy atom. The van der Waals surface area contributed by atoms with Crippen LogP contribution in [0.2, 0.25) is 5.02 Å². The number of ketones is 1. The monoisotopic (exact) mass is 238 g/mol. The molecule has 16 heavy (non-hydrogen) atoms. The normalized spacial score (nSPS) is 24.8. The van der Waals surface area contributed by atoms with Crippen LogP contribution < -0.4 is 4.74 Å². The molecular formula is C13H15ClO2. The Balaban J connectivity index is 2.31. The molecule has 3 heteroatoms. The maximum Gasteiger partial charge on any atom is 0.137 e. The van der Waals surface area contributed by atoms with Crippen LogP contribution in [0.5, 0.6) is 5.75 Å². The molecule has 1 saturated carbocycles. The summed E-state index contributed by atoms with van der Waals surface area (Å²) < 4.78 is 5.19. The number of hydrogen-bond donors (Lipinski definition) is 0. The summed E-state index contributed by atoms with van der Waals surface area (Å²) in [4.78, 5) is 11.5. The third-order valence-corrected chi connectivity index (χ3v) is 3.73. The lowest BCUT2D eigenvalue weighted by atomic mass is 9.90. The molecule has 1 aromatic carbocycles. The van der Waals surface area contributed by atoms with Gasteiger partial charge in [-0.2, -0.15) is 0 Å². The van der Waals surface area contributed by atoms with E-state index in [2.05, 4.69) is 0 Å². The minimum Gasteiger partial charge on any atom is -0.495 e. The van der Waals surface area contributed by atoms with Gasteiger partial charge in [-0.15, -0.1) is 0 Å². The number of Topliss-reactive ketones (excluding diaryl/α,β-unsaturated/α-hetero) is 1. The third kappa shape index (κ3) is 1.94. The molecule has 0 saturated heterocycles. The molecule has 0 heterocycles. The second-order valence-corrected chi connectivity index (χ2v) is 4.70. The molecule has 0 aromatic heterocycles. The standard InChI is InChI=1S/C13H15ClO2/c1-8-10(4-6-12(8)15)9-3-5-11(14)13(7-9)16-2/h3,5,7-8,10H,4,6H2,1-2H3. The Hall–Kier alpha value is -1.02. The van der Waals surface area contributed by atoms with Gasteiger partial charge >= 0.3 is 0 Å². The van der Waals surface area contributed by atoms with E-state index in [0.29, 0.717) is 28.9 Å². The first-order valence-corrected chi connectivity index (χ1v) is 5.87. The summed E-state index contributed by atoms with van der Waals surface area (Å²) in [5.41, 5.74) is 1.15. The molecule has 0 spiro atoms. The second kappa shape index (κ2) is 4.46. The van der Waals surface area contributed by atoms with Crippen LogP contribution in [0.3, 0.4) is 0 Å². The first-order chi connectivity index (χ1) is 7.63. The van der Waals surface area contributed by atoms with Gasteiger partial charge in [0.2, 0.25) is 0 Å². The van der Waals surface area contributed by atoms with E-state index < -0.39 is 0 Å². The van der Waals surface area contributed by atoms with Crippen molar-refractivity contribution >= 4 is 17.4 Å². The van der Waals surface area contributed by atoms with Crippen LogP contribution in [0.4, 0.5) is 0 Å². The zero-order valence-electron chi connectivity index (χ0n) is 9.50. The van der Waals surface area contributed by atoms with Gasteiger partial charge < -0.3 is 4.74 Å². The van der Waals surface area contributed by atoms with Crippen LogP contribution >= 0.6 is 11.6 Å². The molecule has 86 valence electrons. The van der Waals surface area contributed by atoms with Crippen LogP contribution in [-0.4, -0.2) is 12.9 Å². The summed E-state index contributed by atoms with van der Waals surface area (Å²) in [5, 5.41) is 0.614. The summed E-state index contributed by atoms with van der Waals surface area (Å²) in [7, 11) is 1.61. The Kier molecular flexibility index (Phi) is 3.20. The fourth-order valence-electron chi connectivity index (χ4n) is 2.36. The average Bonchev–Trinajstić information content (AvgIpc) is 2.61. The Bertz CT molecular complexity index is 414. The molecule has 0 N–H and O–H groups in total. The summed E-state index contributed by atoms with van der Waals surface area (Å²) >= 11 is 5.98. The Labute approximate surface area is 101 Å². The highest BCUT2D eigenvalue weighted by Crippen LogP contribution is 2.39. The Morgan fingerprint density at radius 2 is 2.19 bits per heavy atom. The van der Waals surface area contributed by atoms with Crippen molar-refractivity contribution in [3.8, 4) is 5.75 Å². The zero-order valence-corrected chi connectivity index (χ0v) is 10.3. The lowest BCUT2D eigenvalue weighted by Gasteiger charge is -2.15. The van der Waals surface area contributed by atoms with Gasteiger partial charge in [0, 0.05) is 12.3 Å². The molecule has 2 atom stereocenters. The maximum atomic E-state index is 11.5. The van der Waals surface area contributed by atoms with Crippen molar-refractivity contribution in [2.45, 2.75) is 25.7 Å². The van der Waals surface area contributed by atoms with Gasteiger partial charge in [-0.3, -0.25) is 4.79 Å². The van der Waals surface area contributed by atoms with E-state index in [-0.39, 0.29) is 5.92 Å². The van der Waals surface area contributed by atoms with Crippen molar-refractivity contribution in [2.24, 2.45) is 5.92 Å². The number of halogens is 1. The largest absolute Gasteiger partial charge is 0.495 e. The van der Waals surface area contributed by atoms with E-state index in [0.717, 1.165) is 12.0 Å². The topological polar surface area (TPSA) is 26.3 Å². The zero-order chi connectivity index (χ0) is 11.7. The van der Waals surface area contributed by atoms with Crippen molar-refractivity contribution in [1.82, 2.24) is 0 Å². The van der Waals surface area contributed by atoms with Crippen LogP contribution in [0.25, 0.3) is 0 Å². The fourth-order valence-corrected chi connectivity index (χ4v) is 2.56. The number of carbonyl (C=O) groups excluding carboxylic acids is 1. The second-order valence-electron chi connectivity index (χ2n) is 4.29. The summed E-state index contributed by atoms with van der Waals surface area (Å²) in [5.74, 6) is 1.48. The van der Waals surface area contributed by atoms with Crippen molar-refractivity contribution in [3.63, 3.8) is 0 Å². The molecule has 0 bridgehead atoms. The molecule has 1 aliphatic carbocycles. The number of methoxy groups -OCH3 is 1. The summed E-state index contributed by atoms with van der Waals surface area (Å²) in [6, 6.07) is 5.78. The van der Waals surface area contributed by atoms with Crippen molar-refractivity contribution in [3.05, 3.63) is 28.8 Å². The predicted molar refractivity (Wildman–Crippen MR) is 64.2 cm³/mol. The van der Waals surface area contributed by atoms with Crippen molar-refractivity contribution < 1.29 is 9.53 Å². The first-order valence-electron chi connectivity index (χ1n) is 5.49. The minimum absolute atomic E-state index is 0.117. The van der Waals surface area contributed by atoms with Gasteiger partial charge in [0.25, 0.3) is 0 Å². The predicted octanol–water partition coefficient (Wildman–Crippen LogP) is 3.43. The number of hydrogen-bond acceptors (Lipinski definition) is 2. The van der Waals surface area contributed by atoms with Gasteiger partial charge in [-0.05, 0) is 30.0 Å². The minimum atomic E-state index is 0.117. The average molecular weight is 239 g/mol. The molecule has 2 rings (SSSR count). The molecule has 1 fully saturated rings. The van der Waals surface area contributed by atoms with Gasteiger partial charge in [-0.25, -0.2) is 0 Å². The number of benzene rings is 1. The van der Waals surface area contributed by atoms with E-state index in [1.807, 2.05) is 25.1 Å². The Morgan fingerprint density at radius 1 is 1.44 bits per heavy atom. The number of carbonyl (C=O) groups is 1. The molecule has 0 amide bonds. The van der Waals surface area contributed by atoms with Gasteiger partial charge in [0.15, 0.2) is 0 Å². The van der Waals surface area contributed by atoms with Gasteiger partial charge in [0.1, 0.15) is 11.5 Å². The van der Waals surface area contributed by atoms with E-state index in [9.17, 15) is 4.79 Å². The number of ether oxygens (including phenoxy) is 1. The first kappa shape index (κ1) is 11.5. The molecular weight excluding hydrogens is 224 g/mol. The lowest BCUT2D eigenvalue weighted by molar-refractivity contribution is -0.120. The highest BCUT2D eigenvalue weighted by Gasteiger charge is 2.32. The number of rotatable bonds is 2. The summed E-state index contributed by atoms with van der Waals surface area (Å²) in [6.45, 7) is 2.00. The van der Waals surface area contributed by atoms with Crippen molar-refractivity contribution in [1.29, 1.82) is 0 Å². The molecule has 0 radical (unpaired) electrons. The molecule has 1 aromatic rings. The van der Waals surface area contributed by atoms with Crippen LogP contribution in [-0.2, 0) is 4.79 Å². The SMILES string of the molecule is COc1cc(C2CCC(=O)C2C)ccc1Cl. The third-order valence-electron chi connectivity index (χ3n) is 3.42.